The van der Waals surface area contributed by atoms with Crippen LogP contribution in [0, 0.1) is 0 Å². The van der Waals surface area contributed by atoms with Gasteiger partial charge in [-0.3, -0.25) is 0 Å². The molecule has 2 aromatic carbocycles. The molecule has 1 N–H and O–H groups in total. The highest BCUT2D eigenvalue weighted by atomic mass is 35.5. The van der Waals surface area contributed by atoms with E-state index in [9.17, 15) is 0 Å². The summed E-state index contributed by atoms with van der Waals surface area (Å²) in [6, 6.07) is 18.7. The summed E-state index contributed by atoms with van der Waals surface area (Å²) in [5.41, 5.74) is 2.51. The van der Waals surface area contributed by atoms with E-state index in [1.165, 1.54) is 11.1 Å². The summed E-state index contributed by atoms with van der Waals surface area (Å²) in [7, 11) is 0. The number of hydrogen-bond acceptors (Lipinski definition) is 1. The minimum absolute atomic E-state index is 0.343. The van der Waals surface area contributed by atoms with Crippen LogP contribution in [0.2, 0.25) is 5.02 Å². The fraction of sp³-hybridized carbons (Fsp3) is 0.200. The fourth-order valence-corrected chi connectivity index (χ4v) is 1.99. The summed E-state index contributed by atoms with van der Waals surface area (Å²) >= 11 is 5.95. The SMILES string of the molecule is C[C@@H](NCc1cccc(Cl)c1)c1ccccc1. The summed E-state index contributed by atoms with van der Waals surface area (Å²) in [6.45, 7) is 3.00. The van der Waals surface area contributed by atoms with E-state index in [0.717, 1.165) is 11.6 Å². The van der Waals surface area contributed by atoms with Crippen LogP contribution in [0.3, 0.4) is 0 Å². The second-order valence-electron chi connectivity index (χ2n) is 4.14. The summed E-state index contributed by atoms with van der Waals surface area (Å²) < 4.78 is 0. The largest absolute Gasteiger partial charge is 0.306 e. The highest BCUT2D eigenvalue weighted by Crippen LogP contribution is 2.14. The van der Waals surface area contributed by atoms with Crippen molar-refractivity contribution in [1.82, 2.24) is 5.32 Å². The first-order chi connectivity index (χ1) is 8.25. The number of benzene rings is 2. The molecule has 2 rings (SSSR count). The fourth-order valence-electron chi connectivity index (χ4n) is 1.78. The predicted molar refractivity (Wildman–Crippen MR) is 73.1 cm³/mol. The average molecular weight is 246 g/mol. The Morgan fingerprint density at radius 1 is 1.06 bits per heavy atom. The van der Waals surface area contributed by atoms with E-state index in [4.69, 9.17) is 11.6 Å². The van der Waals surface area contributed by atoms with Gasteiger partial charge < -0.3 is 5.32 Å². The lowest BCUT2D eigenvalue weighted by molar-refractivity contribution is 0.575. The minimum atomic E-state index is 0.343. The van der Waals surface area contributed by atoms with Crippen molar-refractivity contribution in [3.05, 3.63) is 70.7 Å². The number of hydrogen-bond donors (Lipinski definition) is 1. The Morgan fingerprint density at radius 2 is 1.82 bits per heavy atom. The van der Waals surface area contributed by atoms with Gasteiger partial charge in [-0.05, 0) is 30.2 Å². The van der Waals surface area contributed by atoms with Gasteiger partial charge in [0.15, 0.2) is 0 Å². The molecule has 0 aromatic heterocycles. The van der Waals surface area contributed by atoms with Crippen LogP contribution in [0.5, 0.6) is 0 Å². The molecule has 1 nitrogen and oxygen atoms in total. The molecule has 88 valence electrons. The van der Waals surface area contributed by atoms with Crippen LogP contribution in [-0.2, 0) is 6.54 Å². The maximum absolute atomic E-state index is 5.95. The maximum atomic E-state index is 5.95. The van der Waals surface area contributed by atoms with E-state index < -0.39 is 0 Å². The minimum Gasteiger partial charge on any atom is -0.306 e. The third kappa shape index (κ3) is 3.58. The lowest BCUT2D eigenvalue weighted by atomic mass is 10.1. The Balaban J connectivity index is 1.95. The molecule has 0 aliphatic rings. The molecular formula is C15H16ClN. The third-order valence-electron chi connectivity index (χ3n) is 2.80. The molecule has 0 heterocycles. The van der Waals surface area contributed by atoms with Crippen LogP contribution in [0.25, 0.3) is 0 Å². The zero-order valence-electron chi connectivity index (χ0n) is 9.86. The van der Waals surface area contributed by atoms with Gasteiger partial charge in [0.25, 0.3) is 0 Å². The molecule has 0 saturated heterocycles. The van der Waals surface area contributed by atoms with E-state index in [1.54, 1.807) is 0 Å². The normalized spacial score (nSPS) is 12.4. The van der Waals surface area contributed by atoms with Crippen molar-refractivity contribution in [3.63, 3.8) is 0 Å². The van der Waals surface area contributed by atoms with Crippen molar-refractivity contribution in [2.75, 3.05) is 0 Å². The summed E-state index contributed by atoms with van der Waals surface area (Å²) in [5.74, 6) is 0. The van der Waals surface area contributed by atoms with Gasteiger partial charge in [0.1, 0.15) is 0 Å². The molecule has 1 atom stereocenters. The molecule has 2 aromatic rings. The molecule has 0 unspecified atom stereocenters. The molecule has 0 aliphatic heterocycles. The second kappa shape index (κ2) is 5.85. The molecule has 0 spiro atoms. The smallest absolute Gasteiger partial charge is 0.0409 e. The Bertz CT molecular complexity index is 467. The lowest BCUT2D eigenvalue weighted by Crippen LogP contribution is -2.17. The lowest BCUT2D eigenvalue weighted by Gasteiger charge is -2.14. The van der Waals surface area contributed by atoms with Crippen molar-refractivity contribution in [3.8, 4) is 0 Å². The number of nitrogens with one attached hydrogen (secondary N) is 1. The van der Waals surface area contributed by atoms with Gasteiger partial charge in [0, 0.05) is 17.6 Å². The second-order valence-corrected chi connectivity index (χ2v) is 4.58. The first-order valence-corrected chi connectivity index (χ1v) is 6.16. The molecule has 17 heavy (non-hydrogen) atoms. The van der Waals surface area contributed by atoms with Crippen LogP contribution in [0.4, 0.5) is 0 Å². The summed E-state index contributed by atoms with van der Waals surface area (Å²) in [5, 5.41) is 4.27. The van der Waals surface area contributed by atoms with Gasteiger partial charge in [-0.1, -0.05) is 54.1 Å². The van der Waals surface area contributed by atoms with Crippen molar-refractivity contribution in [2.24, 2.45) is 0 Å². The van der Waals surface area contributed by atoms with Gasteiger partial charge >= 0.3 is 0 Å². The Morgan fingerprint density at radius 3 is 2.53 bits per heavy atom. The first-order valence-electron chi connectivity index (χ1n) is 5.78. The molecule has 0 saturated carbocycles. The molecule has 0 aliphatic carbocycles. The van der Waals surface area contributed by atoms with E-state index in [2.05, 4.69) is 42.6 Å². The quantitative estimate of drug-likeness (QED) is 0.852. The van der Waals surface area contributed by atoms with E-state index >= 15 is 0 Å². The van der Waals surface area contributed by atoms with Crippen LogP contribution in [-0.4, -0.2) is 0 Å². The molecule has 0 bridgehead atoms. The van der Waals surface area contributed by atoms with E-state index in [0.29, 0.717) is 6.04 Å². The Hall–Kier alpha value is -1.31. The number of halogens is 1. The standard InChI is InChI=1S/C15H16ClN/c1-12(14-7-3-2-4-8-14)17-11-13-6-5-9-15(16)10-13/h2-10,12,17H,11H2,1H3/t12-/m1/s1. The van der Waals surface area contributed by atoms with Crippen LogP contribution in [0.1, 0.15) is 24.1 Å². The molecule has 2 heteroatoms. The predicted octanol–water partition coefficient (Wildman–Crippen LogP) is 4.19. The first kappa shape index (κ1) is 12.2. The molecule has 0 amide bonds. The van der Waals surface area contributed by atoms with Crippen LogP contribution < -0.4 is 5.32 Å². The Kier molecular flexibility index (Phi) is 4.18. The van der Waals surface area contributed by atoms with Gasteiger partial charge in [0.05, 0.1) is 0 Å². The Labute approximate surface area is 107 Å². The topological polar surface area (TPSA) is 12.0 Å². The third-order valence-corrected chi connectivity index (χ3v) is 3.04. The van der Waals surface area contributed by atoms with Crippen molar-refractivity contribution in [2.45, 2.75) is 19.5 Å². The zero-order valence-corrected chi connectivity index (χ0v) is 10.6. The van der Waals surface area contributed by atoms with E-state index in [-0.39, 0.29) is 0 Å². The summed E-state index contributed by atoms with van der Waals surface area (Å²) in [6.07, 6.45) is 0. The van der Waals surface area contributed by atoms with Gasteiger partial charge in [-0.25, -0.2) is 0 Å². The van der Waals surface area contributed by atoms with Crippen molar-refractivity contribution < 1.29 is 0 Å². The highest BCUT2D eigenvalue weighted by molar-refractivity contribution is 6.30. The average Bonchev–Trinajstić information content (AvgIpc) is 2.37. The van der Waals surface area contributed by atoms with Gasteiger partial charge in [0.2, 0.25) is 0 Å². The van der Waals surface area contributed by atoms with E-state index in [1.807, 2.05) is 24.3 Å². The molecular weight excluding hydrogens is 230 g/mol. The van der Waals surface area contributed by atoms with Crippen LogP contribution >= 0.6 is 11.6 Å². The van der Waals surface area contributed by atoms with Crippen molar-refractivity contribution in [1.29, 1.82) is 0 Å². The number of rotatable bonds is 4. The monoisotopic (exact) mass is 245 g/mol. The van der Waals surface area contributed by atoms with Gasteiger partial charge in [-0.2, -0.15) is 0 Å². The molecule has 0 fully saturated rings. The highest BCUT2D eigenvalue weighted by Gasteiger charge is 2.03. The van der Waals surface area contributed by atoms with Crippen molar-refractivity contribution >= 4 is 11.6 Å². The summed E-state index contributed by atoms with van der Waals surface area (Å²) in [4.78, 5) is 0. The van der Waals surface area contributed by atoms with Crippen LogP contribution in [0.15, 0.2) is 54.6 Å². The maximum Gasteiger partial charge on any atom is 0.0409 e. The zero-order chi connectivity index (χ0) is 12.1. The van der Waals surface area contributed by atoms with Gasteiger partial charge in [-0.15, -0.1) is 0 Å². The molecule has 0 radical (unpaired) electrons.